The summed E-state index contributed by atoms with van der Waals surface area (Å²) in [4.78, 5) is 22.4. The average Bonchev–Trinajstić information content (AvgIpc) is 2.38. The van der Waals surface area contributed by atoms with E-state index in [0.717, 1.165) is 25.7 Å². The second-order valence-electron chi connectivity index (χ2n) is 4.08. The summed E-state index contributed by atoms with van der Waals surface area (Å²) < 4.78 is 5.08. The Hall–Kier alpha value is -1.84. The number of hydrogen-bond donors (Lipinski definition) is 1. The van der Waals surface area contributed by atoms with Crippen molar-refractivity contribution in [2.45, 2.75) is 32.6 Å². The SMILES string of the molecule is CCCCCCOC(=O)c1cccc(C(=O)O)c1. The van der Waals surface area contributed by atoms with E-state index in [1.807, 2.05) is 0 Å². The van der Waals surface area contributed by atoms with Gasteiger partial charge < -0.3 is 9.84 Å². The second-order valence-corrected chi connectivity index (χ2v) is 4.08. The summed E-state index contributed by atoms with van der Waals surface area (Å²) in [6, 6.07) is 5.87. The number of carbonyl (C=O) groups is 2. The highest BCUT2D eigenvalue weighted by Gasteiger charge is 2.10. The number of unbranched alkanes of at least 4 members (excludes halogenated alkanes) is 3. The average molecular weight is 250 g/mol. The molecule has 98 valence electrons. The summed E-state index contributed by atoms with van der Waals surface area (Å²) in [5.41, 5.74) is 0.376. The summed E-state index contributed by atoms with van der Waals surface area (Å²) in [5, 5.41) is 8.81. The van der Waals surface area contributed by atoms with E-state index in [4.69, 9.17) is 9.84 Å². The van der Waals surface area contributed by atoms with E-state index in [9.17, 15) is 9.59 Å². The van der Waals surface area contributed by atoms with Crippen molar-refractivity contribution in [3.8, 4) is 0 Å². The lowest BCUT2D eigenvalue weighted by atomic mass is 10.1. The molecule has 0 fully saturated rings. The molecule has 1 rings (SSSR count). The summed E-state index contributed by atoms with van der Waals surface area (Å²) in [6.07, 6.45) is 4.15. The summed E-state index contributed by atoms with van der Waals surface area (Å²) in [7, 11) is 0. The van der Waals surface area contributed by atoms with E-state index >= 15 is 0 Å². The molecule has 0 radical (unpaired) electrons. The van der Waals surface area contributed by atoms with E-state index in [2.05, 4.69) is 6.92 Å². The smallest absolute Gasteiger partial charge is 0.338 e. The van der Waals surface area contributed by atoms with Crippen molar-refractivity contribution >= 4 is 11.9 Å². The van der Waals surface area contributed by atoms with Crippen molar-refractivity contribution in [2.75, 3.05) is 6.61 Å². The fourth-order valence-corrected chi connectivity index (χ4v) is 1.56. The molecule has 0 unspecified atom stereocenters. The largest absolute Gasteiger partial charge is 0.478 e. The van der Waals surface area contributed by atoms with E-state index < -0.39 is 11.9 Å². The summed E-state index contributed by atoms with van der Waals surface area (Å²) in [5.74, 6) is -1.51. The molecule has 0 saturated carbocycles. The number of esters is 1. The van der Waals surface area contributed by atoms with E-state index in [1.54, 1.807) is 6.07 Å². The standard InChI is InChI=1S/C14H18O4/c1-2-3-4-5-9-18-14(17)12-8-6-7-11(10-12)13(15)16/h6-8,10H,2-5,9H2,1H3,(H,15,16). The van der Waals surface area contributed by atoms with Crippen molar-refractivity contribution in [3.63, 3.8) is 0 Å². The molecule has 1 aromatic carbocycles. The van der Waals surface area contributed by atoms with Crippen LogP contribution in [0.3, 0.4) is 0 Å². The van der Waals surface area contributed by atoms with Crippen molar-refractivity contribution in [3.05, 3.63) is 35.4 Å². The molecule has 0 aliphatic rings. The first-order chi connectivity index (χ1) is 8.65. The molecular formula is C14H18O4. The Bertz CT molecular complexity index is 412. The highest BCUT2D eigenvalue weighted by molar-refractivity contribution is 5.94. The third-order valence-corrected chi connectivity index (χ3v) is 2.58. The summed E-state index contributed by atoms with van der Waals surface area (Å²) in [6.45, 7) is 2.50. The van der Waals surface area contributed by atoms with Crippen molar-refractivity contribution in [1.82, 2.24) is 0 Å². The number of hydrogen-bond acceptors (Lipinski definition) is 3. The van der Waals surface area contributed by atoms with Crippen LogP contribution in [0.1, 0.15) is 53.3 Å². The van der Waals surface area contributed by atoms with E-state index in [1.165, 1.54) is 18.2 Å². The first-order valence-electron chi connectivity index (χ1n) is 6.15. The van der Waals surface area contributed by atoms with Gasteiger partial charge in [0.05, 0.1) is 17.7 Å². The number of rotatable bonds is 7. The van der Waals surface area contributed by atoms with Gasteiger partial charge in [-0.05, 0) is 24.6 Å². The third kappa shape index (κ3) is 4.57. The van der Waals surface area contributed by atoms with Crippen molar-refractivity contribution < 1.29 is 19.4 Å². The van der Waals surface area contributed by atoms with Crippen LogP contribution >= 0.6 is 0 Å². The zero-order valence-electron chi connectivity index (χ0n) is 10.5. The molecule has 0 amide bonds. The highest BCUT2D eigenvalue weighted by atomic mass is 16.5. The normalized spacial score (nSPS) is 10.1. The molecule has 0 atom stereocenters. The molecule has 0 aliphatic heterocycles. The van der Waals surface area contributed by atoms with Gasteiger partial charge in [-0.25, -0.2) is 9.59 Å². The quantitative estimate of drug-likeness (QED) is 0.596. The maximum Gasteiger partial charge on any atom is 0.338 e. The monoisotopic (exact) mass is 250 g/mol. The second kappa shape index (κ2) is 7.48. The van der Waals surface area contributed by atoms with Gasteiger partial charge in [0, 0.05) is 0 Å². The minimum atomic E-state index is -1.05. The number of benzene rings is 1. The van der Waals surface area contributed by atoms with Gasteiger partial charge in [0.25, 0.3) is 0 Å². The van der Waals surface area contributed by atoms with Crippen LogP contribution in [-0.2, 0) is 4.74 Å². The van der Waals surface area contributed by atoms with Crippen molar-refractivity contribution in [1.29, 1.82) is 0 Å². The maximum absolute atomic E-state index is 11.6. The van der Waals surface area contributed by atoms with Gasteiger partial charge in [-0.3, -0.25) is 0 Å². The lowest BCUT2D eigenvalue weighted by Gasteiger charge is -2.05. The molecule has 0 bridgehead atoms. The first-order valence-corrected chi connectivity index (χ1v) is 6.15. The lowest BCUT2D eigenvalue weighted by molar-refractivity contribution is 0.0498. The van der Waals surface area contributed by atoms with Crippen LogP contribution in [-0.4, -0.2) is 23.7 Å². The maximum atomic E-state index is 11.6. The molecular weight excluding hydrogens is 232 g/mol. The third-order valence-electron chi connectivity index (χ3n) is 2.58. The summed E-state index contributed by atoms with van der Waals surface area (Å²) >= 11 is 0. The van der Waals surface area contributed by atoms with E-state index in [-0.39, 0.29) is 11.1 Å². The zero-order valence-corrected chi connectivity index (χ0v) is 10.5. The molecule has 18 heavy (non-hydrogen) atoms. The fourth-order valence-electron chi connectivity index (χ4n) is 1.56. The van der Waals surface area contributed by atoms with Crippen LogP contribution in [0, 0.1) is 0 Å². The molecule has 0 heterocycles. The first kappa shape index (κ1) is 14.2. The number of carboxylic acids is 1. The van der Waals surface area contributed by atoms with Crippen molar-refractivity contribution in [2.24, 2.45) is 0 Å². The highest BCUT2D eigenvalue weighted by Crippen LogP contribution is 2.08. The Balaban J connectivity index is 2.46. The Morgan fingerprint density at radius 1 is 1.17 bits per heavy atom. The molecule has 4 nitrogen and oxygen atoms in total. The molecule has 0 spiro atoms. The number of ether oxygens (including phenoxy) is 1. The van der Waals surface area contributed by atoms with Gasteiger partial charge in [0.15, 0.2) is 0 Å². The van der Waals surface area contributed by atoms with Crippen LogP contribution in [0.5, 0.6) is 0 Å². The van der Waals surface area contributed by atoms with Gasteiger partial charge in [-0.2, -0.15) is 0 Å². The molecule has 4 heteroatoms. The molecule has 0 aliphatic carbocycles. The van der Waals surface area contributed by atoms with E-state index in [0.29, 0.717) is 6.61 Å². The van der Waals surface area contributed by atoms with Crippen LogP contribution in [0.25, 0.3) is 0 Å². The molecule has 1 aromatic rings. The fraction of sp³-hybridized carbons (Fsp3) is 0.429. The van der Waals surface area contributed by atoms with Crippen LogP contribution in [0.2, 0.25) is 0 Å². The number of carbonyl (C=O) groups excluding carboxylic acids is 1. The minimum Gasteiger partial charge on any atom is -0.478 e. The Kier molecular flexibility index (Phi) is 5.91. The lowest BCUT2D eigenvalue weighted by Crippen LogP contribution is -2.08. The number of carboxylic acid groups (broad SMARTS) is 1. The van der Waals surface area contributed by atoms with Crippen LogP contribution in [0.4, 0.5) is 0 Å². The topological polar surface area (TPSA) is 63.6 Å². The van der Waals surface area contributed by atoms with Gasteiger partial charge >= 0.3 is 11.9 Å². The Morgan fingerprint density at radius 3 is 2.56 bits per heavy atom. The van der Waals surface area contributed by atoms with Gasteiger partial charge in [0.2, 0.25) is 0 Å². The van der Waals surface area contributed by atoms with Crippen LogP contribution in [0.15, 0.2) is 24.3 Å². The minimum absolute atomic E-state index is 0.0930. The van der Waals surface area contributed by atoms with Crippen LogP contribution < -0.4 is 0 Å². The molecule has 1 N–H and O–H groups in total. The van der Waals surface area contributed by atoms with Gasteiger partial charge in [-0.1, -0.05) is 32.3 Å². The predicted molar refractivity (Wildman–Crippen MR) is 67.8 cm³/mol. The molecule has 0 saturated heterocycles. The Labute approximate surface area is 107 Å². The van der Waals surface area contributed by atoms with Gasteiger partial charge in [-0.15, -0.1) is 0 Å². The van der Waals surface area contributed by atoms with Gasteiger partial charge in [0.1, 0.15) is 0 Å². The predicted octanol–water partition coefficient (Wildman–Crippen LogP) is 3.12. The number of aromatic carboxylic acids is 1. The molecule has 0 aromatic heterocycles. The zero-order chi connectivity index (χ0) is 13.4. The Morgan fingerprint density at radius 2 is 1.89 bits per heavy atom.